The van der Waals surface area contributed by atoms with Crippen molar-refractivity contribution in [1.29, 1.82) is 0 Å². The molecular formula is C16H32N2O2. The van der Waals surface area contributed by atoms with Crippen molar-refractivity contribution in [2.24, 2.45) is 11.8 Å². The van der Waals surface area contributed by atoms with Gasteiger partial charge in [-0.15, -0.1) is 0 Å². The van der Waals surface area contributed by atoms with Gasteiger partial charge in [0.1, 0.15) is 6.04 Å². The minimum absolute atomic E-state index is 0.290. The summed E-state index contributed by atoms with van der Waals surface area (Å²) in [6, 6.07) is -0.114. The zero-order chi connectivity index (χ0) is 15.1. The molecule has 0 saturated carbocycles. The number of carboxylic acid groups (broad SMARTS) is 1. The van der Waals surface area contributed by atoms with Crippen LogP contribution in [0.3, 0.4) is 0 Å². The first-order valence-electron chi connectivity index (χ1n) is 8.15. The second kappa shape index (κ2) is 8.63. The minimum atomic E-state index is -0.714. The fraction of sp³-hybridized carbons (Fsp3) is 0.938. The molecule has 2 atom stereocenters. The summed E-state index contributed by atoms with van der Waals surface area (Å²) in [5.41, 5.74) is 0. The number of hydrogen-bond donors (Lipinski definition) is 2. The third-order valence-corrected chi connectivity index (χ3v) is 4.35. The summed E-state index contributed by atoms with van der Waals surface area (Å²) >= 11 is 0. The summed E-state index contributed by atoms with van der Waals surface area (Å²) in [5, 5.41) is 12.7. The van der Waals surface area contributed by atoms with E-state index in [-0.39, 0.29) is 0 Å². The highest BCUT2D eigenvalue weighted by atomic mass is 16.4. The Morgan fingerprint density at radius 1 is 1.30 bits per heavy atom. The van der Waals surface area contributed by atoms with Crippen molar-refractivity contribution in [3.05, 3.63) is 0 Å². The number of piperidine rings is 1. The van der Waals surface area contributed by atoms with E-state index in [1.807, 2.05) is 0 Å². The van der Waals surface area contributed by atoms with Crippen LogP contribution in [-0.4, -0.2) is 47.7 Å². The van der Waals surface area contributed by atoms with E-state index in [1.165, 1.54) is 25.8 Å². The smallest absolute Gasteiger partial charge is 0.320 e. The molecule has 1 aliphatic rings. The molecule has 0 aliphatic carbocycles. The fourth-order valence-electron chi connectivity index (χ4n) is 3.16. The molecule has 0 amide bonds. The van der Waals surface area contributed by atoms with Gasteiger partial charge in [0.25, 0.3) is 0 Å². The van der Waals surface area contributed by atoms with Crippen molar-refractivity contribution in [3.8, 4) is 0 Å². The molecule has 0 spiro atoms. The molecule has 4 heteroatoms. The maximum Gasteiger partial charge on any atom is 0.320 e. The Bertz CT molecular complexity index is 286. The molecule has 2 unspecified atom stereocenters. The van der Waals surface area contributed by atoms with Gasteiger partial charge in [-0.2, -0.15) is 0 Å². The average Bonchev–Trinajstić information content (AvgIpc) is 2.38. The lowest BCUT2D eigenvalue weighted by Gasteiger charge is -2.36. The van der Waals surface area contributed by atoms with E-state index in [4.69, 9.17) is 0 Å². The Morgan fingerprint density at radius 2 is 1.90 bits per heavy atom. The van der Waals surface area contributed by atoms with Crippen molar-refractivity contribution < 1.29 is 9.90 Å². The molecule has 1 saturated heterocycles. The van der Waals surface area contributed by atoms with Crippen LogP contribution >= 0.6 is 0 Å². The van der Waals surface area contributed by atoms with Crippen LogP contribution in [0.15, 0.2) is 0 Å². The quantitative estimate of drug-likeness (QED) is 0.719. The molecule has 0 radical (unpaired) electrons. The van der Waals surface area contributed by atoms with Gasteiger partial charge < -0.3 is 15.3 Å². The zero-order valence-corrected chi connectivity index (χ0v) is 13.6. The van der Waals surface area contributed by atoms with E-state index in [1.54, 1.807) is 0 Å². The van der Waals surface area contributed by atoms with Crippen LogP contribution in [0.25, 0.3) is 0 Å². The SMILES string of the molecule is CCCN1CCC(C(C)NC(CC(C)C)C(=O)O)CC1. The van der Waals surface area contributed by atoms with Crippen LogP contribution in [0.1, 0.15) is 53.4 Å². The topological polar surface area (TPSA) is 52.6 Å². The second-order valence-electron chi connectivity index (χ2n) is 6.65. The first kappa shape index (κ1) is 17.4. The first-order valence-corrected chi connectivity index (χ1v) is 8.15. The van der Waals surface area contributed by atoms with Gasteiger partial charge in [-0.3, -0.25) is 4.79 Å². The molecule has 0 aromatic carbocycles. The van der Waals surface area contributed by atoms with Crippen molar-refractivity contribution in [2.45, 2.75) is 65.5 Å². The van der Waals surface area contributed by atoms with Crippen LogP contribution in [0, 0.1) is 11.8 Å². The van der Waals surface area contributed by atoms with E-state index in [0.717, 1.165) is 13.1 Å². The molecule has 0 aromatic heterocycles. The minimum Gasteiger partial charge on any atom is -0.480 e. The molecule has 0 aromatic rings. The van der Waals surface area contributed by atoms with E-state index in [0.29, 0.717) is 24.3 Å². The Hall–Kier alpha value is -0.610. The Balaban J connectivity index is 2.41. The molecule has 1 heterocycles. The zero-order valence-electron chi connectivity index (χ0n) is 13.6. The summed E-state index contributed by atoms with van der Waals surface area (Å²) in [6.07, 6.45) is 4.28. The molecule has 118 valence electrons. The number of aliphatic carboxylic acids is 1. The van der Waals surface area contributed by atoms with Crippen LogP contribution in [0.4, 0.5) is 0 Å². The Labute approximate surface area is 123 Å². The van der Waals surface area contributed by atoms with Crippen LogP contribution < -0.4 is 5.32 Å². The number of rotatable bonds is 8. The molecule has 4 nitrogen and oxygen atoms in total. The maximum atomic E-state index is 11.3. The average molecular weight is 284 g/mol. The van der Waals surface area contributed by atoms with E-state index in [9.17, 15) is 9.90 Å². The molecule has 20 heavy (non-hydrogen) atoms. The summed E-state index contributed by atoms with van der Waals surface area (Å²) in [6.45, 7) is 12.0. The van der Waals surface area contributed by atoms with Gasteiger partial charge in [-0.1, -0.05) is 20.8 Å². The summed E-state index contributed by atoms with van der Waals surface area (Å²) in [7, 11) is 0. The van der Waals surface area contributed by atoms with Crippen molar-refractivity contribution >= 4 is 5.97 Å². The highest BCUT2D eigenvalue weighted by molar-refractivity contribution is 5.73. The largest absolute Gasteiger partial charge is 0.480 e. The first-order chi connectivity index (χ1) is 9.43. The lowest BCUT2D eigenvalue weighted by molar-refractivity contribution is -0.140. The highest BCUT2D eigenvalue weighted by Gasteiger charge is 2.27. The van der Waals surface area contributed by atoms with Crippen LogP contribution in [-0.2, 0) is 4.79 Å². The van der Waals surface area contributed by atoms with E-state index in [2.05, 4.69) is 37.9 Å². The fourth-order valence-corrected chi connectivity index (χ4v) is 3.16. The van der Waals surface area contributed by atoms with Crippen molar-refractivity contribution in [3.63, 3.8) is 0 Å². The molecule has 1 fully saturated rings. The Morgan fingerprint density at radius 3 is 2.35 bits per heavy atom. The van der Waals surface area contributed by atoms with Crippen LogP contribution in [0.5, 0.6) is 0 Å². The third kappa shape index (κ3) is 5.80. The summed E-state index contributed by atoms with van der Waals surface area (Å²) in [4.78, 5) is 13.8. The Kier molecular flexibility index (Phi) is 7.52. The van der Waals surface area contributed by atoms with E-state index >= 15 is 0 Å². The van der Waals surface area contributed by atoms with Gasteiger partial charge in [-0.25, -0.2) is 0 Å². The van der Waals surface area contributed by atoms with Gasteiger partial charge in [-0.05, 0) is 64.1 Å². The predicted molar refractivity (Wildman–Crippen MR) is 82.9 cm³/mol. The lowest BCUT2D eigenvalue weighted by atomic mass is 9.89. The number of nitrogens with zero attached hydrogens (tertiary/aromatic N) is 1. The number of nitrogens with one attached hydrogen (secondary N) is 1. The van der Waals surface area contributed by atoms with Gasteiger partial charge >= 0.3 is 5.97 Å². The van der Waals surface area contributed by atoms with Crippen molar-refractivity contribution in [1.82, 2.24) is 10.2 Å². The summed E-state index contributed by atoms with van der Waals surface area (Å²) < 4.78 is 0. The molecule has 2 N–H and O–H groups in total. The standard InChI is InChI=1S/C16H32N2O2/c1-5-8-18-9-6-14(7-10-18)13(4)17-15(16(19)20)11-12(2)3/h12-15,17H,5-11H2,1-4H3,(H,19,20). The molecule has 1 aliphatic heterocycles. The van der Waals surface area contributed by atoms with Gasteiger partial charge in [0.15, 0.2) is 0 Å². The molecular weight excluding hydrogens is 252 g/mol. The molecule has 0 bridgehead atoms. The second-order valence-corrected chi connectivity index (χ2v) is 6.65. The number of carboxylic acids is 1. The molecule has 1 rings (SSSR count). The highest BCUT2D eigenvalue weighted by Crippen LogP contribution is 2.21. The maximum absolute atomic E-state index is 11.3. The van der Waals surface area contributed by atoms with E-state index < -0.39 is 12.0 Å². The normalized spacial score (nSPS) is 21.1. The van der Waals surface area contributed by atoms with Gasteiger partial charge in [0, 0.05) is 6.04 Å². The third-order valence-electron chi connectivity index (χ3n) is 4.35. The van der Waals surface area contributed by atoms with Gasteiger partial charge in [0.2, 0.25) is 0 Å². The van der Waals surface area contributed by atoms with Gasteiger partial charge in [0.05, 0.1) is 0 Å². The summed E-state index contributed by atoms with van der Waals surface area (Å²) in [5.74, 6) is 0.299. The monoisotopic (exact) mass is 284 g/mol. The number of carbonyl (C=O) groups is 1. The number of likely N-dealkylation sites (tertiary alicyclic amines) is 1. The number of hydrogen-bond acceptors (Lipinski definition) is 3. The van der Waals surface area contributed by atoms with Crippen molar-refractivity contribution in [2.75, 3.05) is 19.6 Å². The predicted octanol–water partition coefficient (Wildman–Crippen LogP) is 2.59. The lowest BCUT2D eigenvalue weighted by Crippen LogP contribution is -2.48. The van der Waals surface area contributed by atoms with Crippen LogP contribution in [0.2, 0.25) is 0 Å².